The molecule has 0 aliphatic carbocycles. The molecule has 1 aromatic carbocycles. The van der Waals surface area contributed by atoms with E-state index in [0.717, 1.165) is 13.8 Å². The number of alkyl halides is 3. The second-order valence-electron chi connectivity index (χ2n) is 6.86. The maximum absolute atomic E-state index is 13.0. The summed E-state index contributed by atoms with van der Waals surface area (Å²) >= 11 is 0. The molecule has 0 fully saturated rings. The number of carbonyl (C=O) groups is 1. The molecule has 0 amide bonds. The summed E-state index contributed by atoms with van der Waals surface area (Å²) in [5.41, 5.74) is -4.64. The maximum Gasteiger partial charge on any atom is 0.420 e. The van der Waals surface area contributed by atoms with Crippen LogP contribution in [0.3, 0.4) is 0 Å². The van der Waals surface area contributed by atoms with Crippen molar-refractivity contribution in [3.05, 3.63) is 36.4 Å². The molecule has 1 N–H and O–H groups in total. The number of carbonyl (C=O) groups excluding carboxylic acids is 1. The minimum atomic E-state index is -4.87. The smallest absolute Gasteiger partial charge is 0.420 e. The number of halogens is 3. The first-order chi connectivity index (χ1) is 11.7. The number of aliphatic hydroxyl groups is 1. The highest BCUT2D eigenvalue weighted by molar-refractivity contribution is 5.74. The van der Waals surface area contributed by atoms with Crippen molar-refractivity contribution in [3.63, 3.8) is 0 Å². The standard InChI is InChI=1S/C19H25F3O4/c1-7-12(2)16(23)25-15-10-8-14(9-11-15)13(3)26-17(4,5)18(6,24)19(20,21)22/h8-12,24H,3,7H2,1-2,4-6H3. The predicted octanol–water partition coefficient (Wildman–Crippen LogP) is 4.72. The molecule has 146 valence electrons. The Morgan fingerprint density at radius 3 is 2.12 bits per heavy atom. The Labute approximate surface area is 151 Å². The van der Waals surface area contributed by atoms with Crippen LogP contribution >= 0.6 is 0 Å². The molecular weight excluding hydrogens is 349 g/mol. The van der Waals surface area contributed by atoms with Gasteiger partial charge in [-0.15, -0.1) is 0 Å². The number of benzene rings is 1. The number of hydrogen-bond donors (Lipinski definition) is 1. The molecule has 0 aliphatic rings. The highest BCUT2D eigenvalue weighted by Crippen LogP contribution is 2.42. The summed E-state index contributed by atoms with van der Waals surface area (Å²) in [5, 5.41) is 9.84. The molecule has 0 aliphatic heterocycles. The van der Waals surface area contributed by atoms with Gasteiger partial charge in [0.25, 0.3) is 0 Å². The van der Waals surface area contributed by atoms with Crippen LogP contribution in [0.4, 0.5) is 13.2 Å². The van der Waals surface area contributed by atoms with Gasteiger partial charge < -0.3 is 14.6 Å². The lowest BCUT2D eigenvalue weighted by molar-refractivity contribution is -0.302. The van der Waals surface area contributed by atoms with Gasteiger partial charge in [0.1, 0.15) is 17.1 Å². The Bertz CT molecular complexity index is 646. The topological polar surface area (TPSA) is 55.8 Å². The van der Waals surface area contributed by atoms with Crippen molar-refractivity contribution in [1.29, 1.82) is 0 Å². The lowest BCUT2D eigenvalue weighted by atomic mass is 9.86. The first-order valence-electron chi connectivity index (χ1n) is 8.22. The second-order valence-corrected chi connectivity index (χ2v) is 6.86. The first kappa shape index (κ1) is 22.0. The van der Waals surface area contributed by atoms with Gasteiger partial charge in [0, 0.05) is 5.56 Å². The zero-order valence-corrected chi connectivity index (χ0v) is 15.6. The number of ether oxygens (including phenoxy) is 2. The summed E-state index contributed by atoms with van der Waals surface area (Å²) in [4.78, 5) is 11.8. The summed E-state index contributed by atoms with van der Waals surface area (Å²) < 4.78 is 49.7. The molecular formula is C19H25F3O4. The fourth-order valence-corrected chi connectivity index (χ4v) is 1.90. The van der Waals surface area contributed by atoms with Gasteiger partial charge in [-0.3, -0.25) is 4.79 Å². The van der Waals surface area contributed by atoms with Gasteiger partial charge in [0.05, 0.1) is 5.92 Å². The molecule has 7 heteroatoms. The second kappa shape index (κ2) is 7.70. The van der Waals surface area contributed by atoms with Crippen molar-refractivity contribution in [2.24, 2.45) is 5.92 Å². The SMILES string of the molecule is C=C(OC(C)(C)C(C)(O)C(F)(F)F)c1ccc(OC(=O)C(C)CC)cc1. The van der Waals surface area contributed by atoms with E-state index in [9.17, 15) is 23.1 Å². The van der Waals surface area contributed by atoms with E-state index in [-0.39, 0.29) is 17.6 Å². The Morgan fingerprint density at radius 1 is 1.19 bits per heavy atom. The largest absolute Gasteiger partial charge is 0.484 e. The van der Waals surface area contributed by atoms with E-state index in [0.29, 0.717) is 24.7 Å². The summed E-state index contributed by atoms with van der Waals surface area (Å²) in [6.07, 6.45) is -4.22. The van der Waals surface area contributed by atoms with Gasteiger partial charge in [0.2, 0.25) is 0 Å². The van der Waals surface area contributed by atoms with E-state index < -0.39 is 17.4 Å². The van der Waals surface area contributed by atoms with E-state index in [4.69, 9.17) is 9.47 Å². The van der Waals surface area contributed by atoms with Crippen LogP contribution in [-0.4, -0.2) is 28.5 Å². The zero-order valence-electron chi connectivity index (χ0n) is 15.6. The highest BCUT2D eigenvalue weighted by atomic mass is 19.4. The van der Waals surface area contributed by atoms with Crippen molar-refractivity contribution in [2.45, 2.75) is 58.4 Å². The third kappa shape index (κ3) is 4.78. The normalized spacial score (nSPS) is 15.7. The quantitative estimate of drug-likeness (QED) is 0.426. The molecule has 2 atom stereocenters. The average molecular weight is 374 g/mol. The fourth-order valence-electron chi connectivity index (χ4n) is 1.90. The summed E-state index contributed by atoms with van der Waals surface area (Å²) in [7, 11) is 0. The molecule has 0 saturated carbocycles. The molecule has 0 bridgehead atoms. The van der Waals surface area contributed by atoms with Gasteiger partial charge in [0.15, 0.2) is 5.60 Å². The van der Waals surface area contributed by atoms with E-state index in [1.807, 2.05) is 6.92 Å². The minimum absolute atomic E-state index is 0.0423. The average Bonchev–Trinajstić information content (AvgIpc) is 2.52. The van der Waals surface area contributed by atoms with Gasteiger partial charge in [-0.2, -0.15) is 13.2 Å². The van der Waals surface area contributed by atoms with Crippen LogP contribution in [0.5, 0.6) is 5.75 Å². The first-order valence-corrected chi connectivity index (χ1v) is 8.22. The Balaban J connectivity index is 2.87. The van der Waals surface area contributed by atoms with Gasteiger partial charge >= 0.3 is 12.1 Å². The maximum atomic E-state index is 13.0. The molecule has 0 saturated heterocycles. The third-order valence-electron chi connectivity index (χ3n) is 4.51. The van der Waals surface area contributed by atoms with Crippen molar-refractivity contribution >= 4 is 11.7 Å². The van der Waals surface area contributed by atoms with Crippen LogP contribution in [-0.2, 0) is 9.53 Å². The molecule has 0 spiro atoms. The van der Waals surface area contributed by atoms with E-state index in [1.165, 1.54) is 24.3 Å². The van der Waals surface area contributed by atoms with Gasteiger partial charge in [-0.05, 0) is 51.5 Å². The number of hydrogen-bond acceptors (Lipinski definition) is 4. The van der Waals surface area contributed by atoms with Crippen molar-refractivity contribution < 1.29 is 32.5 Å². The molecule has 0 aromatic heterocycles. The Morgan fingerprint density at radius 2 is 1.69 bits per heavy atom. The summed E-state index contributed by atoms with van der Waals surface area (Å²) in [6.45, 7) is 10.2. The summed E-state index contributed by atoms with van der Waals surface area (Å²) in [6, 6.07) is 6.03. The molecule has 2 unspecified atom stereocenters. The van der Waals surface area contributed by atoms with E-state index in [1.54, 1.807) is 6.92 Å². The molecule has 4 nitrogen and oxygen atoms in total. The molecule has 0 radical (unpaired) electrons. The van der Waals surface area contributed by atoms with Crippen molar-refractivity contribution in [2.75, 3.05) is 0 Å². The van der Waals surface area contributed by atoms with Crippen molar-refractivity contribution in [1.82, 2.24) is 0 Å². The Kier molecular flexibility index (Phi) is 6.52. The predicted molar refractivity (Wildman–Crippen MR) is 92.4 cm³/mol. The van der Waals surface area contributed by atoms with Gasteiger partial charge in [-0.25, -0.2) is 0 Å². The molecule has 1 rings (SSSR count). The minimum Gasteiger partial charge on any atom is -0.484 e. The summed E-state index contributed by atoms with van der Waals surface area (Å²) in [5.74, 6) is -0.330. The van der Waals surface area contributed by atoms with Crippen LogP contribution in [0.1, 0.15) is 46.6 Å². The number of esters is 1. The highest BCUT2D eigenvalue weighted by Gasteiger charge is 2.61. The van der Waals surface area contributed by atoms with E-state index >= 15 is 0 Å². The van der Waals surface area contributed by atoms with Crippen LogP contribution in [0.2, 0.25) is 0 Å². The van der Waals surface area contributed by atoms with Crippen LogP contribution in [0.15, 0.2) is 30.8 Å². The van der Waals surface area contributed by atoms with E-state index in [2.05, 4.69) is 6.58 Å². The lowest BCUT2D eigenvalue weighted by Crippen LogP contribution is -2.59. The van der Waals surface area contributed by atoms with Gasteiger partial charge in [-0.1, -0.05) is 20.4 Å². The van der Waals surface area contributed by atoms with Crippen LogP contribution in [0.25, 0.3) is 5.76 Å². The zero-order chi connectivity index (χ0) is 20.3. The number of rotatable bonds is 7. The molecule has 1 aromatic rings. The van der Waals surface area contributed by atoms with Crippen molar-refractivity contribution in [3.8, 4) is 5.75 Å². The lowest BCUT2D eigenvalue weighted by Gasteiger charge is -2.41. The molecule has 26 heavy (non-hydrogen) atoms. The Hall–Kier alpha value is -2.02. The van der Waals surface area contributed by atoms with Crippen LogP contribution in [0, 0.1) is 5.92 Å². The third-order valence-corrected chi connectivity index (χ3v) is 4.51. The monoisotopic (exact) mass is 374 g/mol. The van der Waals surface area contributed by atoms with Crippen LogP contribution < -0.4 is 4.74 Å². The molecule has 0 heterocycles. The fraction of sp³-hybridized carbons (Fsp3) is 0.526.